The van der Waals surface area contributed by atoms with Crippen LogP contribution in [0.15, 0.2) is 6.20 Å². The molecule has 0 radical (unpaired) electrons. The van der Waals surface area contributed by atoms with E-state index in [1.165, 1.54) is 15.6 Å². The summed E-state index contributed by atoms with van der Waals surface area (Å²) in [6.45, 7) is 2.42. The van der Waals surface area contributed by atoms with Gasteiger partial charge in [0.05, 0.1) is 12.2 Å². The van der Waals surface area contributed by atoms with Gasteiger partial charge in [-0.05, 0) is 6.92 Å². The molecule has 17 heavy (non-hydrogen) atoms. The van der Waals surface area contributed by atoms with Crippen LogP contribution < -0.4 is 5.32 Å². The average molecular weight is 275 g/mol. The highest BCUT2D eigenvalue weighted by Gasteiger charge is 2.37. The van der Waals surface area contributed by atoms with Crippen LogP contribution in [0.25, 0.3) is 0 Å². The predicted molar refractivity (Wildman–Crippen MR) is 65.4 cm³/mol. The Kier molecular flexibility index (Phi) is 3.19. The number of aryl methyl sites for hydroxylation is 1. The maximum atomic E-state index is 11.7. The van der Waals surface area contributed by atoms with Crippen LogP contribution in [-0.4, -0.2) is 43.0 Å². The van der Waals surface area contributed by atoms with Crippen LogP contribution in [0.2, 0.25) is 0 Å². The highest BCUT2D eigenvalue weighted by molar-refractivity contribution is 7.88. The SMILES string of the molecule is Cc1cnc(NC(=O)C2CN(S(C)(=O)=O)C2)s1. The molecule has 1 aliphatic heterocycles. The van der Waals surface area contributed by atoms with Gasteiger partial charge in [-0.3, -0.25) is 4.79 Å². The molecular formula is C9H13N3O3S2. The number of thiazole rings is 1. The van der Waals surface area contributed by atoms with Crippen LogP contribution in [-0.2, 0) is 14.8 Å². The fourth-order valence-electron chi connectivity index (χ4n) is 1.49. The molecule has 1 amide bonds. The number of rotatable bonds is 3. The summed E-state index contributed by atoms with van der Waals surface area (Å²) in [6, 6.07) is 0. The number of nitrogens with zero attached hydrogens (tertiary/aromatic N) is 2. The Morgan fingerprint density at radius 3 is 2.71 bits per heavy atom. The topological polar surface area (TPSA) is 79.4 Å². The number of amides is 1. The molecule has 0 bridgehead atoms. The van der Waals surface area contributed by atoms with Crippen molar-refractivity contribution in [2.45, 2.75) is 6.92 Å². The lowest BCUT2D eigenvalue weighted by Crippen LogP contribution is -2.53. The van der Waals surface area contributed by atoms with Gasteiger partial charge >= 0.3 is 0 Å². The predicted octanol–water partition coefficient (Wildman–Crippen LogP) is 0.281. The summed E-state index contributed by atoms with van der Waals surface area (Å²) in [5.74, 6) is -0.437. The summed E-state index contributed by atoms with van der Waals surface area (Å²) >= 11 is 1.40. The number of aromatic nitrogens is 1. The zero-order valence-corrected chi connectivity index (χ0v) is 11.1. The normalized spacial score (nSPS) is 17.8. The quantitative estimate of drug-likeness (QED) is 0.859. The van der Waals surface area contributed by atoms with Gasteiger partial charge < -0.3 is 5.32 Å². The van der Waals surface area contributed by atoms with E-state index in [1.54, 1.807) is 6.20 Å². The van der Waals surface area contributed by atoms with E-state index >= 15 is 0 Å². The van der Waals surface area contributed by atoms with Crippen molar-refractivity contribution in [1.29, 1.82) is 0 Å². The number of carbonyl (C=O) groups excluding carboxylic acids is 1. The number of carbonyl (C=O) groups is 1. The Bertz CT molecular complexity index is 531. The largest absolute Gasteiger partial charge is 0.302 e. The van der Waals surface area contributed by atoms with Crippen molar-refractivity contribution >= 4 is 32.4 Å². The second-order valence-corrected chi connectivity index (χ2v) is 7.26. The van der Waals surface area contributed by atoms with Gasteiger partial charge in [-0.1, -0.05) is 0 Å². The van der Waals surface area contributed by atoms with E-state index in [0.717, 1.165) is 11.1 Å². The van der Waals surface area contributed by atoms with Crippen LogP contribution in [0.3, 0.4) is 0 Å². The lowest BCUT2D eigenvalue weighted by atomic mass is 10.0. The Morgan fingerprint density at radius 2 is 2.24 bits per heavy atom. The molecule has 1 aromatic heterocycles. The minimum absolute atomic E-state index is 0.167. The van der Waals surface area contributed by atoms with E-state index in [0.29, 0.717) is 5.13 Å². The number of sulfonamides is 1. The Morgan fingerprint density at radius 1 is 1.59 bits per heavy atom. The third-order valence-electron chi connectivity index (χ3n) is 2.54. The monoisotopic (exact) mass is 275 g/mol. The smallest absolute Gasteiger partial charge is 0.231 e. The van der Waals surface area contributed by atoms with E-state index in [9.17, 15) is 13.2 Å². The summed E-state index contributed by atoms with van der Waals surface area (Å²) in [7, 11) is -3.16. The van der Waals surface area contributed by atoms with Gasteiger partial charge in [0.25, 0.3) is 0 Å². The fraction of sp³-hybridized carbons (Fsp3) is 0.556. The summed E-state index contributed by atoms with van der Waals surface area (Å²) in [4.78, 5) is 16.7. The molecule has 0 spiro atoms. The standard InChI is InChI=1S/C9H13N3O3S2/c1-6-3-10-9(16-6)11-8(13)7-4-12(5-7)17(2,14)15/h3,7H,4-5H2,1-2H3,(H,10,11,13). The van der Waals surface area contributed by atoms with Crippen molar-refractivity contribution in [3.63, 3.8) is 0 Å². The molecule has 6 nitrogen and oxygen atoms in total. The molecule has 1 fully saturated rings. The third-order valence-corrected chi connectivity index (χ3v) is 4.60. The first kappa shape index (κ1) is 12.5. The minimum Gasteiger partial charge on any atom is -0.302 e. The average Bonchev–Trinajstić information content (AvgIpc) is 2.45. The molecule has 0 aromatic carbocycles. The van der Waals surface area contributed by atoms with Gasteiger partial charge in [0.2, 0.25) is 15.9 Å². The fourth-order valence-corrected chi connectivity index (χ4v) is 3.06. The second kappa shape index (κ2) is 4.35. The molecule has 1 aliphatic rings. The maximum absolute atomic E-state index is 11.7. The number of hydrogen-bond donors (Lipinski definition) is 1. The zero-order valence-electron chi connectivity index (χ0n) is 9.50. The van der Waals surface area contributed by atoms with Crippen molar-refractivity contribution in [3.8, 4) is 0 Å². The van der Waals surface area contributed by atoms with Gasteiger partial charge in [0.15, 0.2) is 5.13 Å². The molecule has 0 aliphatic carbocycles. The molecule has 0 unspecified atom stereocenters. The molecule has 8 heteroatoms. The summed E-state index contributed by atoms with van der Waals surface area (Å²) in [5, 5.41) is 3.24. The van der Waals surface area contributed by atoms with Crippen LogP contribution in [0.1, 0.15) is 4.88 Å². The lowest BCUT2D eigenvalue weighted by molar-refractivity contribution is -0.122. The Labute approximate surface area is 104 Å². The molecular weight excluding hydrogens is 262 g/mol. The van der Waals surface area contributed by atoms with Crippen molar-refractivity contribution < 1.29 is 13.2 Å². The number of hydrogen-bond acceptors (Lipinski definition) is 5. The first-order valence-corrected chi connectivity index (χ1v) is 7.71. The van der Waals surface area contributed by atoms with E-state index < -0.39 is 10.0 Å². The van der Waals surface area contributed by atoms with Crippen LogP contribution in [0, 0.1) is 12.8 Å². The molecule has 2 heterocycles. The Hall–Kier alpha value is -0.990. The summed E-state index contributed by atoms with van der Waals surface area (Å²) < 4.78 is 23.5. The molecule has 1 saturated heterocycles. The molecule has 0 saturated carbocycles. The van der Waals surface area contributed by atoms with Crippen molar-refractivity contribution in [1.82, 2.24) is 9.29 Å². The lowest BCUT2D eigenvalue weighted by Gasteiger charge is -2.35. The Balaban J connectivity index is 1.88. The van der Waals surface area contributed by atoms with E-state index in [4.69, 9.17) is 0 Å². The number of anilines is 1. The minimum atomic E-state index is -3.16. The summed E-state index contributed by atoms with van der Waals surface area (Å²) in [5.41, 5.74) is 0. The van der Waals surface area contributed by atoms with E-state index in [-0.39, 0.29) is 24.9 Å². The molecule has 1 aromatic rings. The first-order chi connectivity index (χ1) is 7.86. The van der Waals surface area contributed by atoms with Crippen molar-refractivity contribution in [3.05, 3.63) is 11.1 Å². The van der Waals surface area contributed by atoms with Gasteiger partial charge in [-0.15, -0.1) is 11.3 Å². The molecule has 2 rings (SSSR count). The molecule has 0 atom stereocenters. The molecule has 1 N–H and O–H groups in total. The van der Waals surface area contributed by atoms with Crippen molar-refractivity contribution in [2.24, 2.45) is 5.92 Å². The van der Waals surface area contributed by atoms with Gasteiger partial charge in [0, 0.05) is 24.2 Å². The van der Waals surface area contributed by atoms with Crippen LogP contribution >= 0.6 is 11.3 Å². The van der Waals surface area contributed by atoms with Gasteiger partial charge in [0.1, 0.15) is 0 Å². The van der Waals surface area contributed by atoms with Crippen molar-refractivity contribution in [2.75, 3.05) is 24.7 Å². The first-order valence-electron chi connectivity index (χ1n) is 5.04. The number of nitrogens with one attached hydrogen (secondary N) is 1. The maximum Gasteiger partial charge on any atom is 0.231 e. The van der Waals surface area contributed by atoms with E-state index in [2.05, 4.69) is 10.3 Å². The second-order valence-electron chi connectivity index (χ2n) is 4.04. The molecule has 94 valence electrons. The highest BCUT2D eigenvalue weighted by Crippen LogP contribution is 2.22. The van der Waals surface area contributed by atoms with E-state index in [1.807, 2.05) is 6.92 Å². The third kappa shape index (κ3) is 2.82. The zero-order chi connectivity index (χ0) is 12.6. The van der Waals surface area contributed by atoms with Crippen LogP contribution in [0.4, 0.5) is 5.13 Å². The highest BCUT2D eigenvalue weighted by atomic mass is 32.2. The van der Waals surface area contributed by atoms with Crippen LogP contribution in [0.5, 0.6) is 0 Å². The van der Waals surface area contributed by atoms with Gasteiger partial charge in [-0.2, -0.15) is 0 Å². The van der Waals surface area contributed by atoms with Gasteiger partial charge in [-0.25, -0.2) is 17.7 Å². The summed E-state index contributed by atoms with van der Waals surface area (Å²) in [6.07, 6.45) is 2.83.